The van der Waals surface area contributed by atoms with Gasteiger partial charge in [-0.3, -0.25) is 0 Å². The van der Waals surface area contributed by atoms with E-state index in [0.29, 0.717) is 0 Å². The SMILES string of the molecule is CCC(C)C(O)CNS(=O)(=O)N(C)C. The van der Waals surface area contributed by atoms with Crippen molar-refractivity contribution in [3.63, 3.8) is 0 Å². The molecule has 0 spiro atoms. The van der Waals surface area contributed by atoms with Gasteiger partial charge in [0.25, 0.3) is 10.2 Å². The van der Waals surface area contributed by atoms with E-state index in [-0.39, 0.29) is 12.5 Å². The quantitative estimate of drug-likeness (QED) is 0.656. The summed E-state index contributed by atoms with van der Waals surface area (Å²) in [6.07, 6.45) is 0.194. The van der Waals surface area contributed by atoms with Crippen LogP contribution in [0.25, 0.3) is 0 Å². The van der Waals surface area contributed by atoms with E-state index in [4.69, 9.17) is 0 Å². The molecule has 0 amide bonds. The van der Waals surface area contributed by atoms with Crippen LogP contribution in [0, 0.1) is 5.92 Å². The molecule has 2 atom stereocenters. The van der Waals surface area contributed by atoms with Crippen molar-refractivity contribution in [2.24, 2.45) is 5.92 Å². The Morgan fingerprint density at radius 2 is 1.93 bits per heavy atom. The maximum absolute atomic E-state index is 11.2. The van der Waals surface area contributed by atoms with Crippen LogP contribution >= 0.6 is 0 Å². The van der Waals surface area contributed by atoms with Gasteiger partial charge < -0.3 is 5.11 Å². The van der Waals surface area contributed by atoms with E-state index in [1.165, 1.54) is 14.1 Å². The lowest BCUT2D eigenvalue weighted by Crippen LogP contribution is -2.41. The fourth-order valence-corrected chi connectivity index (χ4v) is 1.43. The molecule has 0 aliphatic rings. The van der Waals surface area contributed by atoms with Crippen molar-refractivity contribution in [3.05, 3.63) is 0 Å². The fourth-order valence-electron chi connectivity index (χ4n) is 0.793. The first kappa shape index (κ1) is 13.8. The minimum atomic E-state index is -3.41. The van der Waals surface area contributed by atoms with Gasteiger partial charge in [0.15, 0.2) is 0 Å². The van der Waals surface area contributed by atoms with Crippen LogP contribution in [0.1, 0.15) is 20.3 Å². The van der Waals surface area contributed by atoms with Crippen LogP contribution in [0.3, 0.4) is 0 Å². The second-order valence-electron chi connectivity index (χ2n) is 3.59. The summed E-state index contributed by atoms with van der Waals surface area (Å²) in [5.74, 6) is 0.0971. The van der Waals surface area contributed by atoms with Crippen LogP contribution in [0.5, 0.6) is 0 Å². The van der Waals surface area contributed by atoms with E-state index in [1.54, 1.807) is 0 Å². The van der Waals surface area contributed by atoms with Gasteiger partial charge in [-0.2, -0.15) is 17.4 Å². The highest BCUT2D eigenvalue weighted by atomic mass is 32.2. The Morgan fingerprint density at radius 3 is 2.29 bits per heavy atom. The Hall–Kier alpha value is -0.170. The summed E-state index contributed by atoms with van der Waals surface area (Å²) in [7, 11) is -0.527. The number of aliphatic hydroxyl groups is 1. The molecule has 0 saturated carbocycles. The molecule has 86 valence electrons. The third-order valence-corrected chi connectivity index (χ3v) is 3.75. The lowest BCUT2D eigenvalue weighted by molar-refractivity contribution is 0.118. The average Bonchev–Trinajstić information content (AvgIpc) is 2.12. The zero-order chi connectivity index (χ0) is 11.4. The van der Waals surface area contributed by atoms with E-state index in [0.717, 1.165) is 10.7 Å². The van der Waals surface area contributed by atoms with Crippen molar-refractivity contribution in [2.45, 2.75) is 26.4 Å². The number of nitrogens with zero attached hydrogens (tertiary/aromatic N) is 1. The van der Waals surface area contributed by atoms with Crippen LogP contribution < -0.4 is 4.72 Å². The molecule has 0 heterocycles. The predicted molar refractivity (Wildman–Crippen MR) is 56.1 cm³/mol. The average molecular weight is 224 g/mol. The van der Waals surface area contributed by atoms with Gasteiger partial charge in [0.1, 0.15) is 0 Å². The predicted octanol–water partition coefficient (Wildman–Crippen LogP) is -0.211. The molecule has 5 nitrogen and oxygen atoms in total. The maximum Gasteiger partial charge on any atom is 0.279 e. The molecule has 0 rings (SSSR count). The van der Waals surface area contributed by atoms with Crippen molar-refractivity contribution < 1.29 is 13.5 Å². The fraction of sp³-hybridized carbons (Fsp3) is 1.00. The standard InChI is InChI=1S/C8H20N2O3S/c1-5-7(2)8(11)6-9-14(12,13)10(3)4/h7-9,11H,5-6H2,1-4H3. The second kappa shape index (κ2) is 5.65. The van der Waals surface area contributed by atoms with Gasteiger partial charge >= 0.3 is 0 Å². The summed E-state index contributed by atoms with van der Waals surface area (Å²) in [5.41, 5.74) is 0. The van der Waals surface area contributed by atoms with Crippen molar-refractivity contribution in [2.75, 3.05) is 20.6 Å². The molecule has 14 heavy (non-hydrogen) atoms. The molecule has 0 aromatic heterocycles. The summed E-state index contributed by atoms with van der Waals surface area (Å²) in [4.78, 5) is 0. The molecule has 0 aliphatic carbocycles. The topological polar surface area (TPSA) is 69.6 Å². The Bertz CT molecular complexity index is 251. The number of hydrogen-bond acceptors (Lipinski definition) is 3. The van der Waals surface area contributed by atoms with Gasteiger partial charge in [0.2, 0.25) is 0 Å². The van der Waals surface area contributed by atoms with E-state index in [1.807, 2.05) is 13.8 Å². The first-order valence-corrected chi connectivity index (χ1v) is 6.10. The molecule has 0 aromatic carbocycles. The molecule has 0 bridgehead atoms. The van der Waals surface area contributed by atoms with Gasteiger partial charge in [-0.1, -0.05) is 20.3 Å². The number of aliphatic hydroxyl groups excluding tert-OH is 1. The Balaban J connectivity index is 4.07. The lowest BCUT2D eigenvalue weighted by atomic mass is 10.0. The summed E-state index contributed by atoms with van der Waals surface area (Å²) in [6.45, 7) is 3.90. The van der Waals surface area contributed by atoms with Gasteiger partial charge in [-0.25, -0.2) is 0 Å². The highest BCUT2D eigenvalue weighted by Gasteiger charge is 2.17. The zero-order valence-electron chi connectivity index (χ0n) is 9.19. The molecule has 0 saturated heterocycles. The molecule has 0 aliphatic heterocycles. The molecule has 0 radical (unpaired) electrons. The normalized spacial score (nSPS) is 17.0. The molecular formula is C8H20N2O3S. The number of nitrogens with one attached hydrogen (secondary N) is 1. The molecule has 0 aromatic rings. The maximum atomic E-state index is 11.2. The lowest BCUT2D eigenvalue weighted by Gasteiger charge is -2.19. The van der Waals surface area contributed by atoms with Crippen LogP contribution in [-0.4, -0.2) is 44.6 Å². The van der Waals surface area contributed by atoms with E-state index < -0.39 is 16.3 Å². The summed E-state index contributed by atoms with van der Waals surface area (Å²) >= 11 is 0. The zero-order valence-corrected chi connectivity index (χ0v) is 10.0. The largest absolute Gasteiger partial charge is 0.391 e. The molecule has 2 unspecified atom stereocenters. The van der Waals surface area contributed by atoms with Crippen LogP contribution in [0.15, 0.2) is 0 Å². The van der Waals surface area contributed by atoms with Gasteiger partial charge in [-0.05, 0) is 5.92 Å². The van der Waals surface area contributed by atoms with Crippen molar-refractivity contribution >= 4 is 10.2 Å². The van der Waals surface area contributed by atoms with Crippen LogP contribution in [-0.2, 0) is 10.2 Å². The first-order chi connectivity index (χ1) is 6.31. The minimum Gasteiger partial charge on any atom is -0.391 e. The summed E-state index contributed by atoms with van der Waals surface area (Å²) < 4.78 is 25.9. The summed E-state index contributed by atoms with van der Waals surface area (Å²) in [6, 6.07) is 0. The molecule has 0 fully saturated rings. The van der Waals surface area contributed by atoms with Crippen molar-refractivity contribution in [1.82, 2.24) is 9.03 Å². The highest BCUT2D eigenvalue weighted by Crippen LogP contribution is 2.06. The van der Waals surface area contributed by atoms with Gasteiger partial charge in [0, 0.05) is 20.6 Å². The van der Waals surface area contributed by atoms with E-state index in [2.05, 4.69) is 4.72 Å². The Morgan fingerprint density at radius 1 is 1.43 bits per heavy atom. The number of hydrogen-bond donors (Lipinski definition) is 2. The monoisotopic (exact) mass is 224 g/mol. The smallest absolute Gasteiger partial charge is 0.279 e. The van der Waals surface area contributed by atoms with Crippen molar-refractivity contribution in [3.8, 4) is 0 Å². The molecule has 6 heteroatoms. The second-order valence-corrected chi connectivity index (χ2v) is 5.56. The van der Waals surface area contributed by atoms with Gasteiger partial charge in [-0.15, -0.1) is 0 Å². The Kier molecular flexibility index (Phi) is 5.58. The third kappa shape index (κ3) is 4.36. The van der Waals surface area contributed by atoms with Gasteiger partial charge in [0.05, 0.1) is 6.10 Å². The van der Waals surface area contributed by atoms with Crippen LogP contribution in [0.4, 0.5) is 0 Å². The van der Waals surface area contributed by atoms with Crippen LogP contribution in [0.2, 0.25) is 0 Å². The van der Waals surface area contributed by atoms with E-state index >= 15 is 0 Å². The van der Waals surface area contributed by atoms with Crippen molar-refractivity contribution in [1.29, 1.82) is 0 Å². The first-order valence-electron chi connectivity index (χ1n) is 4.66. The number of rotatable bonds is 6. The minimum absolute atomic E-state index is 0.0650. The molecular weight excluding hydrogens is 204 g/mol. The Labute approximate surface area is 86.3 Å². The summed E-state index contributed by atoms with van der Waals surface area (Å²) in [5, 5.41) is 9.52. The molecule has 2 N–H and O–H groups in total. The third-order valence-electron chi connectivity index (χ3n) is 2.26. The van der Waals surface area contributed by atoms with E-state index in [9.17, 15) is 13.5 Å². The highest BCUT2D eigenvalue weighted by molar-refractivity contribution is 7.87.